The van der Waals surface area contributed by atoms with Gasteiger partial charge in [-0.15, -0.1) is 0 Å². The van der Waals surface area contributed by atoms with Crippen LogP contribution in [0.1, 0.15) is 11.3 Å². The van der Waals surface area contributed by atoms with Crippen LogP contribution in [-0.4, -0.2) is 4.98 Å². The second-order valence-electron chi connectivity index (χ2n) is 5.71. The Hall–Kier alpha value is -2.58. The highest BCUT2D eigenvalue weighted by atomic mass is 79.9. The van der Waals surface area contributed by atoms with Gasteiger partial charge in [0.25, 0.3) is 0 Å². The summed E-state index contributed by atoms with van der Waals surface area (Å²) in [6.45, 7) is 0. The fourth-order valence-electron chi connectivity index (χ4n) is 2.96. The fraction of sp³-hybridized carbons (Fsp3) is 0. The number of hydrogen-bond donors (Lipinski definition) is 1. The lowest BCUT2D eigenvalue weighted by Crippen LogP contribution is -1.80. The number of nitrogens with one attached hydrogen (secondary N) is 1. The summed E-state index contributed by atoms with van der Waals surface area (Å²) in [5.41, 5.74) is 5.93. The van der Waals surface area contributed by atoms with Gasteiger partial charge < -0.3 is 4.98 Å². The predicted octanol–water partition coefficient (Wildman–Crippen LogP) is 6.77. The highest BCUT2D eigenvalue weighted by Gasteiger charge is 2.11. The van der Waals surface area contributed by atoms with Gasteiger partial charge in [0.1, 0.15) is 0 Å². The molecule has 0 bridgehead atoms. The molecule has 0 saturated heterocycles. The Morgan fingerprint density at radius 2 is 1.42 bits per heavy atom. The maximum absolute atomic E-state index is 3.55. The van der Waals surface area contributed by atoms with Crippen LogP contribution in [0.3, 0.4) is 0 Å². The molecule has 0 aliphatic heterocycles. The van der Waals surface area contributed by atoms with Crippen molar-refractivity contribution in [2.24, 2.45) is 0 Å². The van der Waals surface area contributed by atoms with Gasteiger partial charge in [-0.25, -0.2) is 0 Å². The SMILES string of the molecule is Brc1ccc(-c2c(/C=C/c3ccccc3)[nH]c3ccccc23)cc1. The van der Waals surface area contributed by atoms with Gasteiger partial charge in [-0.1, -0.05) is 82.7 Å². The Bertz CT molecular complexity index is 995. The summed E-state index contributed by atoms with van der Waals surface area (Å²) in [5, 5.41) is 1.24. The highest BCUT2D eigenvalue weighted by molar-refractivity contribution is 9.10. The van der Waals surface area contributed by atoms with Gasteiger partial charge in [-0.2, -0.15) is 0 Å². The Labute approximate surface area is 149 Å². The first-order chi connectivity index (χ1) is 11.8. The molecule has 2 heteroatoms. The normalized spacial score (nSPS) is 11.4. The number of rotatable bonds is 3. The minimum absolute atomic E-state index is 1.09. The summed E-state index contributed by atoms with van der Waals surface area (Å²) in [5.74, 6) is 0. The van der Waals surface area contributed by atoms with Crippen LogP contribution in [0.5, 0.6) is 0 Å². The summed E-state index contributed by atoms with van der Waals surface area (Å²) in [4.78, 5) is 3.55. The van der Waals surface area contributed by atoms with E-state index in [9.17, 15) is 0 Å². The van der Waals surface area contributed by atoms with Crippen LogP contribution in [0, 0.1) is 0 Å². The quantitative estimate of drug-likeness (QED) is 0.407. The van der Waals surface area contributed by atoms with Crippen molar-refractivity contribution in [3.63, 3.8) is 0 Å². The molecule has 4 aromatic rings. The van der Waals surface area contributed by atoms with Crippen LogP contribution in [0.2, 0.25) is 0 Å². The lowest BCUT2D eigenvalue weighted by molar-refractivity contribution is 1.43. The zero-order chi connectivity index (χ0) is 16.4. The molecular formula is C22H16BrN. The number of fused-ring (bicyclic) bond motifs is 1. The van der Waals surface area contributed by atoms with Crippen molar-refractivity contribution in [2.75, 3.05) is 0 Å². The number of halogens is 1. The molecule has 0 saturated carbocycles. The summed E-state index contributed by atoms with van der Waals surface area (Å²) >= 11 is 3.52. The van der Waals surface area contributed by atoms with E-state index >= 15 is 0 Å². The molecule has 1 N–H and O–H groups in total. The van der Waals surface area contributed by atoms with Crippen molar-refractivity contribution in [2.45, 2.75) is 0 Å². The molecule has 0 spiro atoms. The first-order valence-corrected chi connectivity index (χ1v) is 8.70. The molecule has 0 fully saturated rings. The number of para-hydroxylation sites is 1. The minimum Gasteiger partial charge on any atom is -0.354 e. The predicted molar refractivity (Wildman–Crippen MR) is 107 cm³/mol. The standard InChI is InChI=1S/C22H16BrN/c23-18-13-11-17(12-14-18)22-19-8-4-5-9-20(19)24-21(22)15-10-16-6-2-1-3-7-16/h1-15,24H/b15-10+. The summed E-state index contributed by atoms with van der Waals surface area (Å²) in [6.07, 6.45) is 4.31. The molecular weight excluding hydrogens is 358 g/mol. The van der Waals surface area contributed by atoms with Crippen molar-refractivity contribution in [1.29, 1.82) is 0 Å². The Morgan fingerprint density at radius 1 is 0.708 bits per heavy atom. The van der Waals surface area contributed by atoms with Crippen LogP contribution in [0.25, 0.3) is 34.2 Å². The first kappa shape index (κ1) is 15.0. The molecule has 0 aliphatic carbocycles. The number of benzene rings is 3. The topological polar surface area (TPSA) is 15.8 Å². The second kappa shape index (κ2) is 6.50. The first-order valence-electron chi connectivity index (χ1n) is 7.91. The molecule has 116 valence electrons. The number of hydrogen-bond acceptors (Lipinski definition) is 0. The van der Waals surface area contributed by atoms with E-state index in [2.05, 4.69) is 106 Å². The van der Waals surface area contributed by atoms with Gasteiger partial charge in [-0.3, -0.25) is 0 Å². The molecule has 4 rings (SSSR count). The van der Waals surface area contributed by atoms with E-state index < -0.39 is 0 Å². The lowest BCUT2D eigenvalue weighted by Gasteiger charge is -2.03. The Balaban J connectivity index is 1.87. The zero-order valence-corrected chi connectivity index (χ0v) is 14.6. The van der Waals surface area contributed by atoms with Crippen LogP contribution in [0.4, 0.5) is 0 Å². The molecule has 0 amide bonds. The molecule has 3 aromatic carbocycles. The van der Waals surface area contributed by atoms with Crippen molar-refractivity contribution in [1.82, 2.24) is 4.98 Å². The zero-order valence-electron chi connectivity index (χ0n) is 13.0. The number of aromatic amines is 1. The van der Waals surface area contributed by atoms with E-state index in [0.717, 1.165) is 15.7 Å². The van der Waals surface area contributed by atoms with E-state index in [1.54, 1.807) is 0 Å². The van der Waals surface area contributed by atoms with E-state index in [0.29, 0.717) is 0 Å². The van der Waals surface area contributed by atoms with E-state index in [-0.39, 0.29) is 0 Å². The van der Waals surface area contributed by atoms with Crippen LogP contribution in [-0.2, 0) is 0 Å². The van der Waals surface area contributed by atoms with Gasteiger partial charge in [0.2, 0.25) is 0 Å². The number of H-pyrrole nitrogens is 1. The number of aromatic nitrogens is 1. The molecule has 1 heterocycles. The van der Waals surface area contributed by atoms with Crippen LogP contribution >= 0.6 is 15.9 Å². The van der Waals surface area contributed by atoms with Crippen molar-refractivity contribution >= 4 is 39.0 Å². The average Bonchev–Trinajstić information content (AvgIpc) is 3.00. The Morgan fingerprint density at radius 3 is 2.21 bits per heavy atom. The third-order valence-electron chi connectivity index (χ3n) is 4.11. The fourth-order valence-corrected chi connectivity index (χ4v) is 3.22. The molecule has 24 heavy (non-hydrogen) atoms. The molecule has 0 unspecified atom stereocenters. The molecule has 0 aliphatic rings. The maximum Gasteiger partial charge on any atom is 0.0471 e. The van der Waals surface area contributed by atoms with E-state index in [1.807, 2.05) is 6.07 Å². The van der Waals surface area contributed by atoms with Crippen LogP contribution < -0.4 is 0 Å². The lowest BCUT2D eigenvalue weighted by atomic mass is 10.0. The third kappa shape index (κ3) is 2.93. The van der Waals surface area contributed by atoms with Crippen LogP contribution in [0.15, 0.2) is 83.3 Å². The van der Waals surface area contributed by atoms with Gasteiger partial charge in [0.05, 0.1) is 0 Å². The third-order valence-corrected chi connectivity index (χ3v) is 4.64. The maximum atomic E-state index is 3.55. The minimum atomic E-state index is 1.09. The monoisotopic (exact) mass is 373 g/mol. The van der Waals surface area contributed by atoms with Gasteiger partial charge >= 0.3 is 0 Å². The second-order valence-corrected chi connectivity index (χ2v) is 6.63. The smallest absolute Gasteiger partial charge is 0.0471 e. The summed E-state index contributed by atoms with van der Waals surface area (Å²) < 4.78 is 1.09. The average molecular weight is 374 g/mol. The molecule has 1 nitrogen and oxygen atoms in total. The van der Waals surface area contributed by atoms with E-state index in [4.69, 9.17) is 0 Å². The Kier molecular flexibility index (Phi) is 4.06. The van der Waals surface area contributed by atoms with E-state index in [1.165, 1.54) is 22.1 Å². The summed E-state index contributed by atoms with van der Waals surface area (Å²) in [6, 6.07) is 27.3. The van der Waals surface area contributed by atoms with Crippen molar-refractivity contribution < 1.29 is 0 Å². The van der Waals surface area contributed by atoms with Crippen molar-refractivity contribution in [3.05, 3.63) is 94.6 Å². The van der Waals surface area contributed by atoms with Gasteiger partial charge in [0, 0.05) is 26.6 Å². The molecule has 1 aromatic heterocycles. The summed E-state index contributed by atoms with van der Waals surface area (Å²) in [7, 11) is 0. The largest absolute Gasteiger partial charge is 0.354 e. The van der Waals surface area contributed by atoms with Gasteiger partial charge in [-0.05, 0) is 35.4 Å². The molecule has 0 radical (unpaired) electrons. The van der Waals surface area contributed by atoms with Crippen molar-refractivity contribution in [3.8, 4) is 11.1 Å². The highest BCUT2D eigenvalue weighted by Crippen LogP contribution is 2.34. The van der Waals surface area contributed by atoms with Gasteiger partial charge in [0.15, 0.2) is 0 Å². The molecule has 0 atom stereocenters.